The van der Waals surface area contributed by atoms with Crippen molar-refractivity contribution in [2.45, 2.75) is 0 Å². The van der Waals surface area contributed by atoms with Crippen LogP contribution in [0, 0.1) is 5.82 Å². The maximum absolute atomic E-state index is 13.9. The molecule has 2 fully saturated rings. The SMILES string of the molecule is O=C(CN1CCN(c2ncnc3c(F)cccc23)CC1)N1CCOCC1. The number of aromatic nitrogens is 2. The van der Waals surface area contributed by atoms with Gasteiger partial charge in [0.05, 0.1) is 19.8 Å². The maximum Gasteiger partial charge on any atom is 0.236 e. The van der Waals surface area contributed by atoms with Crippen molar-refractivity contribution < 1.29 is 13.9 Å². The highest BCUT2D eigenvalue weighted by atomic mass is 19.1. The van der Waals surface area contributed by atoms with E-state index in [1.807, 2.05) is 11.0 Å². The first kappa shape index (κ1) is 17.1. The van der Waals surface area contributed by atoms with Crippen LogP contribution < -0.4 is 4.90 Å². The number of para-hydroxylation sites is 1. The number of hydrogen-bond donors (Lipinski definition) is 0. The summed E-state index contributed by atoms with van der Waals surface area (Å²) in [5.41, 5.74) is 0.349. The second kappa shape index (κ2) is 7.51. The fourth-order valence-corrected chi connectivity index (χ4v) is 3.51. The molecule has 2 saturated heterocycles. The van der Waals surface area contributed by atoms with E-state index in [1.165, 1.54) is 12.4 Å². The van der Waals surface area contributed by atoms with Gasteiger partial charge in [0.2, 0.25) is 5.91 Å². The van der Waals surface area contributed by atoms with Gasteiger partial charge in [0.15, 0.2) is 0 Å². The molecule has 4 rings (SSSR count). The number of carbonyl (C=O) groups is 1. The Bertz CT molecular complexity index is 788. The Balaban J connectivity index is 1.39. The lowest BCUT2D eigenvalue weighted by atomic mass is 10.2. The summed E-state index contributed by atoms with van der Waals surface area (Å²) in [5, 5.41) is 0.727. The molecule has 0 bridgehead atoms. The third kappa shape index (κ3) is 3.47. The van der Waals surface area contributed by atoms with Gasteiger partial charge in [-0.2, -0.15) is 0 Å². The molecule has 2 aliphatic rings. The van der Waals surface area contributed by atoms with Gasteiger partial charge in [0.25, 0.3) is 0 Å². The average Bonchev–Trinajstić information content (AvgIpc) is 2.69. The third-order valence-electron chi connectivity index (χ3n) is 4.99. The Morgan fingerprint density at radius 1 is 1.08 bits per heavy atom. The van der Waals surface area contributed by atoms with Gasteiger partial charge in [-0.05, 0) is 12.1 Å². The molecule has 1 amide bonds. The molecule has 3 heterocycles. The first-order chi connectivity index (χ1) is 12.7. The van der Waals surface area contributed by atoms with Crippen molar-refractivity contribution in [1.82, 2.24) is 19.8 Å². The number of amides is 1. The summed E-state index contributed by atoms with van der Waals surface area (Å²) >= 11 is 0. The number of halogens is 1. The predicted molar refractivity (Wildman–Crippen MR) is 95.5 cm³/mol. The molecule has 0 unspecified atom stereocenters. The fraction of sp³-hybridized carbons (Fsp3) is 0.500. The number of rotatable bonds is 3. The molecule has 8 heteroatoms. The molecule has 1 aromatic heterocycles. The largest absolute Gasteiger partial charge is 0.378 e. The van der Waals surface area contributed by atoms with E-state index in [1.54, 1.807) is 6.07 Å². The second-order valence-corrected chi connectivity index (χ2v) is 6.59. The van der Waals surface area contributed by atoms with E-state index in [0.717, 1.165) is 37.4 Å². The lowest BCUT2D eigenvalue weighted by molar-refractivity contribution is -0.136. The average molecular weight is 359 g/mol. The fourth-order valence-electron chi connectivity index (χ4n) is 3.51. The summed E-state index contributed by atoms with van der Waals surface area (Å²) in [7, 11) is 0. The molecular formula is C18H22FN5O2. The summed E-state index contributed by atoms with van der Waals surface area (Å²) in [5.74, 6) is 0.589. The number of hydrogen-bond acceptors (Lipinski definition) is 6. The maximum atomic E-state index is 13.9. The van der Waals surface area contributed by atoms with Gasteiger partial charge in [0, 0.05) is 44.7 Å². The number of fused-ring (bicyclic) bond motifs is 1. The lowest BCUT2D eigenvalue weighted by Gasteiger charge is -2.36. The van der Waals surface area contributed by atoms with E-state index in [4.69, 9.17) is 4.74 Å². The molecule has 0 N–H and O–H groups in total. The molecule has 2 aliphatic heterocycles. The van der Waals surface area contributed by atoms with Crippen LogP contribution >= 0.6 is 0 Å². The van der Waals surface area contributed by atoms with Crippen LogP contribution in [0.4, 0.5) is 10.2 Å². The Kier molecular flexibility index (Phi) is 4.94. The van der Waals surface area contributed by atoms with E-state index in [-0.39, 0.29) is 11.7 Å². The van der Waals surface area contributed by atoms with E-state index in [2.05, 4.69) is 19.8 Å². The molecule has 0 radical (unpaired) electrons. The monoisotopic (exact) mass is 359 g/mol. The summed E-state index contributed by atoms with van der Waals surface area (Å²) in [6.07, 6.45) is 1.41. The number of morpholine rings is 1. The Labute approximate surface area is 151 Å². The highest BCUT2D eigenvalue weighted by Crippen LogP contribution is 2.25. The highest BCUT2D eigenvalue weighted by molar-refractivity contribution is 5.89. The van der Waals surface area contributed by atoms with Crippen LogP contribution in [0.2, 0.25) is 0 Å². The van der Waals surface area contributed by atoms with Crippen LogP contribution in [-0.4, -0.2) is 84.7 Å². The first-order valence-electron chi connectivity index (χ1n) is 8.94. The first-order valence-corrected chi connectivity index (χ1v) is 8.94. The Morgan fingerprint density at radius 3 is 2.62 bits per heavy atom. The van der Waals surface area contributed by atoms with Crippen molar-refractivity contribution in [3.05, 3.63) is 30.3 Å². The van der Waals surface area contributed by atoms with E-state index in [0.29, 0.717) is 38.4 Å². The number of anilines is 1. The van der Waals surface area contributed by atoms with Crippen molar-refractivity contribution in [1.29, 1.82) is 0 Å². The minimum Gasteiger partial charge on any atom is -0.378 e. The van der Waals surface area contributed by atoms with Gasteiger partial charge in [-0.1, -0.05) is 6.07 Å². The van der Waals surface area contributed by atoms with Crippen molar-refractivity contribution in [2.24, 2.45) is 0 Å². The molecule has 0 spiro atoms. The van der Waals surface area contributed by atoms with Gasteiger partial charge >= 0.3 is 0 Å². The van der Waals surface area contributed by atoms with Gasteiger partial charge in [-0.25, -0.2) is 14.4 Å². The Hall–Kier alpha value is -2.32. The Morgan fingerprint density at radius 2 is 1.85 bits per heavy atom. The van der Waals surface area contributed by atoms with Crippen LogP contribution in [0.5, 0.6) is 0 Å². The van der Waals surface area contributed by atoms with Crippen LogP contribution in [0.25, 0.3) is 10.9 Å². The predicted octanol–water partition coefficient (Wildman–Crippen LogP) is 0.750. The third-order valence-corrected chi connectivity index (χ3v) is 4.99. The molecule has 26 heavy (non-hydrogen) atoms. The molecule has 138 valence electrons. The lowest BCUT2D eigenvalue weighted by Crippen LogP contribution is -2.51. The van der Waals surface area contributed by atoms with Crippen molar-refractivity contribution >= 4 is 22.6 Å². The molecule has 2 aromatic rings. The summed E-state index contributed by atoms with van der Waals surface area (Å²) in [6, 6.07) is 4.94. The van der Waals surface area contributed by atoms with E-state index < -0.39 is 0 Å². The zero-order chi connectivity index (χ0) is 17.9. The molecular weight excluding hydrogens is 337 g/mol. The molecule has 0 atom stereocenters. The molecule has 0 aliphatic carbocycles. The normalized spacial score (nSPS) is 19.1. The number of ether oxygens (including phenoxy) is 1. The molecule has 7 nitrogen and oxygen atoms in total. The van der Waals surface area contributed by atoms with Crippen LogP contribution in [0.3, 0.4) is 0 Å². The standard InChI is InChI=1S/C18H22FN5O2/c19-15-3-1-2-14-17(15)20-13-21-18(14)24-6-4-22(5-7-24)12-16(25)23-8-10-26-11-9-23/h1-3,13H,4-12H2. The zero-order valence-corrected chi connectivity index (χ0v) is 14.6. The molecule has 0 saturated carbocycles. The number of carbonyl (C=O) groups excluding carboxylic acids is 1. The van der Waals surface area contributed by atoms with Crippen molar-refractivity contribution in [3.8, 4) is 0 Å². The van der Waals surface area contributed by atoms with Crippen LogP contribution in [0.1, 0.15) is 0 Å². The summed E-state index contributed by atoms with van der Waals surface area (Å²) < 4.78 is 19.2. The van der Waals surface area contributed by atoms with Gasteiger partial charge in [0.1, 0.15) is 23.5 Å². The van der Waals surface area contributed by atoms with Gasteiger partial charge in [-0.3, -0.25) is 9.69 Å². The van der Waals surface area contributed by atoms with E-state index >= 15 is 0 Å². The number of nitrogens with zero attached hydrogens (tertiary/aromatic N) is 5. The van der Waals surface area contributed by atoms with Crippen LogP contribution in [-0.2, 0) is 9.53 Å². The smallest absolute Gasteiger partial charge is 0.236 e. The van der Waals surface area contributed by atoms with Gasteiger partial charge < -0.3 is 14.5 Å². The summed E-state index contributed by atoms with van der Waals surface area (Å²) in [6.45, 7) is 6.08. The number of benzene rings is 1. The highest BCUT2D eigenvalue weighted by Gasteiger charge is 2.24. The van der Waals surface area contributed by atoms with Crippen molar-refractivity contribution in [3.63, 3.8) is 0 Å². The van der Waals surface area contributed by atoms with Gasteiger partial charge in [-0.15, -0.1) is 0 Å². The van der Waals surface area contributed by atoms with Crippen LogP contribution in [0.15, 0.2) is 24.5 Å². The second-order valence-electron chi connectivity index (χ2n) is 6.59. The minimum absolute atomic E-state index is 0.163. The summed E-state index contributed by atoms with van der Waals surface area (Å²) in [4.78, 5) is 27.0. The zero-order valence-electron chi connectivity index (χ0n) is 14.6. The topological polar surface area (TPSA) is 61.8 Å². The van der Waals surface area contributed by atoms with E-state index in [9.17, 15) is 9.18 Å². The molecule has 1 aromatic carbocycles. The minimum atomic E-state index is -0.333. The van der Waals surface area contributed by atoms with Crippen molar-refractivity contribution in [2.75, 3.05) is 63.9 Å². The number of piperazine rings is 1. The quantitative estimate of drug-likeness (QED) is 0.806.